The number of benzene rings is 1. The molecule has 0 saturated carbocycles. The van der Waals surface area contributed by atoms with Gasteiger partial charge in [-0.2, -0.15) is 13.2 Å². The summed E-state index contributed by atoms with van der Waals surface area (Å²) in [6, 6.07) is 7.05. The Balaban J connectivity index is 2.32. The highest BCUT2D eigenvalue weighted by Crippen LogP contribution is 2.37. The van der Waals surface area contributed by atoms with Crippen LogP contribution < -0.4 is 0 Å². The molecule has 0 N–H and O–H groups in total. The molecule has 0 atom stereocenters. The number of hydrogen-bond donors (Lipinski definition) is 0. The molecule has 0 bridgehead atoms. The molecule has 3 rings (SSSR count). The van der Waals surface area contributed by atoms with Crippen LogP contribution in [-0.4, -0.2) is 17.4 Å². The van der Waals surface area contributed by atoms with Crippen molar-refractivity contribution in [2.75, 3.05) is 0 Å². The van der Waals surface area contributed by atoms with E-state index in [1.165, 1.54) is 24.4 Å². The van der Waals surface area contributed by atoms with Crippen molar-refractivity contribution in [2.24, 2.45) is 0 Å². The Hall–Kier alpha value is -1.87. The second-order valence-electron chi connectivity index (χ2n) is 5.18. The van der Waals surface area contributed by atoms with Crippen molar-refractivity contribution in [2.45, 2.75) is 18.0 Å². The average Bonchev–Trinajstić information content (AvgIpc) is 2.87. The monoisotopic (exact) mass is 418 g/mol. The van der Waals surface area contributed by atoms with Crippen LogP contribution in [0.3, 0.4) is 0 Å². The molecule has 4 nitrogen and oxygen atoms in total. The Labute approximate surface area is 144 Å². The second-order valence-corrected chi connectivity index (χ2v) is 7.91. The topological polar surface area (TPSA) is 52.0 Å². The molecule has 0 aliphatic rings. The highest BCUT2D eigenvalue weighted by Gasteiger charge is 2.37. The van der Waals surface area contributed by atoms with Crippen LogP contribution in [0.25, 0.3) is 11.0 Å². The van der Waals surface area contributed by atoms with E-state index in [0.29, 0.717) is 14.6 Å². The Morgan fingerprint density at radius 3 is 2.38 bits per heavy atom. The van der Waals surface area contributed by atoms with E-state index in [1.807, 2.05) is 0 Å². The van der Waals surface area contributed by atoms with Crippen molar-refractivity contribution in [1.82, 2.24) is 8.96 Å². The number of alkyl halides is 3. The third kappa shape index (κ3) is 2.82. The summed E-state index contributed by atoms with van der Waals surface area (Å²) >= 11 is 3.06. The van der Waals surface area contributed by atoms with Crippen LogP contribution in [0.1, 0.15) is 11.1 Å². The number of aryl methyl sites for hydroxylation is 1. The number of nitrogens with zero attached hydrogens (tertiary/aromatic N) is 2. The van der Waals surface area contributed by atoms with E-state index in [2.05, 4.69) is 20.9 Å². The highest BCUT2D eigenvalue weighted by molar-refractivity contribution is 9.10. The van der Waals surface area contributed by atoms with Gasteiger partial charge in [-0.25, -0.2) is 17.4 Å². The van der Waals surface area contributed by atoms with Gasteiger partial charge in [0.05, 0.1) is 10.5 Å². The molecular weight excluding hydrogens is 409 g/mol. The average molecular weight is 419 g/mol. The lowest BCUT2D eigenvalue weighted by molar-refractivity contribution is -0.136. The van der Waals surface area contributed by atoms with Gasteiger partial charge >= 0.3 is 6.18 Å². The standard InChI is InChI=1S/C15H10BrF3N2O2S/c1-9-2-4-11(5-3-9)24(22,23)21-8-13(15(17,18)19)12-6-10(16)7-20-14(12)21/h2-8H,1H3. The Kier molecular flexibility index (Phi) is 3.95. The zero-order valence-electron chi connectivity index (χ0n) is 12.2. The summed E-state index contributed by atoms with van der Waals surface area (Å²) in [6.07, 6.45) is -2.88. The molecule has 0 spiro atoms. The van der Waals surface area contributed by atoms with Crippen LogP contribution in [0, 0.1) is 6.92 Å². The fourth-order valence-electron chi connectivity index (χ4n) is 2.29. The summed E-state index contributed by atoms with van der Waals surface area (Å²) in [7, 11) is -4.20. The van der Waals surface area contributed by atoms with Gasteiger partial charge in [-0.1, -0.05) is 17.7 Å². The summed E-state index contributed by atoms with van der Waals surface area (Å²) in [5.74, 6) is 0. The van der Waals surface area contributed by atoms with Crippen LogP contribution in [0.15, 0.2) is 52.1 Å². The van der Waals surface area contributed by atoms with Gasteiger partial charge in [0.15, 0.2) is 5.65 Å². The van der Waals surface area contributed by atoms with Crippen LogP contribution in [0.5, 0.6) is 0 Å². The van der Waals surface area contributed by atoms with E-state index >= 15 is 0 Å². The maximum Gasteiger partial charge on any atom is 0.418 e. The quantitative estimate of drug-likeness (QED) is 0.620. The second kappa shape index (κ2) is 5.59. The van der Waals surface area contributed by atoms with Gasteiger partial charge in [0.25, 0.3) is 10.0 Å². The van der Waals surface area contributed by atoms with Crippen LogP contribution in [-0.2, 0) is 16.2 Å². The number of aromatic nitrogens is 2. The highest BCUT2D eigenvalue weighted by atomic mass is 79.9. The van der Waals surface area contributed by atoms with Crippen molar-refractivity contribution in [3.05, 3.63) is 58.3 Å². The lowest BCUT2D eigenvalue weighted by Crippen LogP contribution is -2.13. The van der Waals surface area contributed by atoms with Crippen molar-refractivity contribution in [1.29, 1.82) is 0 Å². The predicted octanol–water partition coefficient (Wildman–Crippen LogP) is 4.36. The maximum atomic E-state index is 13.3. The zero-order chi connectivity index (χ0) is 17.7. The van der Waals surface area contributed by atoms with Gasteiger partial charge in [0.2, 0.25) is 0 Å². The summed E-state index contributed by atoms with van der Waals surface area (Å²) in [5, 5.41) is -0.285. The molecule has 0 aliphatic heterocycles. The summed E-state index contributed by atoms with van der Waals surface area (Å²) < 4.78 is 66.1. The van der Waals surface area contributed by atoms with Gasteiger partial charge in [0, 0.05) is 22.3 Å². The van der Waals surface area contributed by atoms with E-state index in [-0.39, 0.29) is 15.9 Å². The lowest BCUT2D eigenvalue weighted by atomic mass is 10.2. The maximum absolute atomic E-state index is 13.3. The van der Waals surface area contributed by atoms with Gasteiger partial charge in [-0.3, -0.25) is 0 Å². The van der Waals surface area contributed by atoms with Crippen LogP contribution >= 0.6 is 15.9 Å². The first kappa shape index (κ1) is 17.0. The van der Waals surface area contributed by atoms with E-state index in [1.54, 1.807) is 19.1 Å². The smallest absolute Gasteiger partial charge is 0.236 e. The summed E-state index contributed by atoms with van der Waals surface area (Å²) in [5.41, 5.74) is -0.488. The van der Waals surface area contributed by atoms with Gasteiger partial charge < -0.3 is 0 Å². The first-order valence-corrected chi connectivity index (χ1v) is 8.90. The molecule has 0 amide bonds. The van der Waals surface area contributed by atoms with E-state index < -0.39 is 21.8 Å². The Morgan fingerprint density at radius 2 is 1.79 bits per heavy atom. The largest absolute Gasteiger partial charge is 0.418 e. The molecule has 3 aromatic rings. The van der Waals surface area contributed by atoms with E-state index in [4.69, 9.17) is 0 Å². The minimum atomic E-state index is -4.70. The molecule has 9 heteroatoms. The number of fused-ring (bicyclic) bond motifs is 1. The van der Waals surface area contributed by atoms with Crippen molar-refractivity contribution < 1.29 is 21.6 Å². The number of hydrogen-bond acceptors (Lipinski definition) is 3. The van der Waals surface area contributed by atoms with Crippen molar-refractivity contribution in [3.63, 3.8) is 0 Å². The van der Waals surface area contributed by atoms with Crippen LogP contribution in [0.2, 0.25) is 0 Å². The number of pyridine rings is 1. The SMILES string of the molecule is Cc1ccc(S(=O)(=O)n2cc(C(F)(F)F)c3cc(Br)cnc32)cc1. The molecular formula is C15H10BrF3N2O2S. The first-order valence-electron chi connectivity index (χ1n) is 6.67. The molecule has 0 fully saturated rings. The Bertz CT molecular complexity index is 1030. The minimum Gasteiger partial charge on any atom is -0.236 e. The van der Waals surface area contributed by atoms with Gasteiger partial charge in [-0.15, -0.1) is 0 Å². The Morgan fingerprint density at radius 1 is 1.17 bits per heavy atom. The molecule has 2 heterocycles. The molecule has 24 heavy (non-hydrogen) atoms. The number of rotatable bonds is 2. The molecule has 126 valence electrons. The normalized spacial score (nSPS) is 12.7. The third-order valence-electron chi connectivity index (χ3n) is 3.46. The van der Waals surface area contributed by atoms with E-state index in [9.17, 15) is 21.6 Å². The molecule has 0 saturated heterocycles. The number of halogens is 4. The van der Waals surface area contributed by atoms with Gasteiger partial charge in [-0.05, 0) is 41.1 Å². The third-order valence-corrected chi connectivity index (χ3v) is 5.56. The molecule has 0 aliphatic carbocycles. The summed E-state index contributed by atoms with van der Waals surface area (Å²) in [4.78, 5) is 3.75. The minimum absolute atomic E-state index is 0.108. The first-order chi connectivity index (χ1) is 11.1. The molecule has 1 aromatic carbocycles. The predicted molar refractivity (Wildman–Crippen MR) is 86.2 cm³/mol. The fourth-order valence-corrected chi connectivity index (χ4v) is 3.94. The zero-order valence-corrected chi connectivity index (χ0v) is 14.6. The van der Waals surface area contributed by atoms with Crippen molar-refractivity contribution in [3.8, 4) is 0 Å². The van der Waals surface area contributed by atoms with Gasteiger partial charge in [0.1, 0.15) is 0 Å². The van der Waals surface area contributed by atoms with Crippen LogP contribution in [0.4, 0.5) is 13.2 Å². The molecule has 0 radical (unpaired) electrons. The van der Waals surface area contributed by atoms with E-state index in [0.717, 1.165) is 5.56 Å². The fraction of sp³-hybridized carbons (Fsp3) is 0.133. The molecule has 2 aromatic heterocycles. The molecule has 0 unspecified atom stereocenters. The van der Waals surface area contributed by atoms with Crippen molar-refractivity contribution >= 4 is 37.0 Å². The summed E-state index contributed by atoms with van der Waals surface area (Å²) in [6.45, 7) is 1.78. The lowest BCUT2D eigenvalue weighted by Gasteiger charge is -2.07.